The predicted octanol–water partition coefficient (Wildman–Crippen LogP) is 3.76. The Hall–Kier alpha value is -2.00. The summed E-state index contributed by atoms with van der Waals surface area (Å²) >= 11 is 0. The lowest BCUT2D eigenvalue weighted by molar-refractivity contribution is 0.0251. The summed E-state index contributed by atoms with van der Waals surface area (Å²) in [4.78, 5) is 2.41. The van der Waals surface area contributed by atoms with E-state index in [-0.39, 0.29) is 0 Å². The van der Waals surface area contributed by atoms with E-state index in [9.17, 15) is 0 Å². The molecule has 0 aromatic heterocycles. The average molecular weight is 296 g/mol. The van der Waals surface area contributed by atoms with E-state index in [0.29, 0.717) is 12.7 Å². The number of nitrogens with two attached hydrogens (primary N) is 1. The second-order valence-corrected chi connectivity index (χ2v) is 6.08. The summed E-state index contributed by atoms with van der Waals surface area (Å²) in [6.45, 7) is 4.92. The van der Waals surface area contributed by atoms with Gasteiger partial charge in [-0.15, -0.1) is 0 Å². The third kappa shape index (κ3) is 3.80. The third-order valence-electron chi connectivity index (χ3n) is 4.27. The minimum atomic E-state index is 0.366. The van der Waals surface area contributed by atoms with Crippen LogP contribution in [0, 0.1) is 6.92 Å². The lowest BCUT2D eigenvalue weighted by Crippen LogP contribution is -2.36. The molecule has 22 heavy (non-hydrogen) atoms. The van der Waals surface area contributed by atoms with Gasteiger partial charge >= 0.3 is 0 Å². The number of nitrogens with zero attached hydrogens (tertiary/aromatic N) is 1. The van der Waals surface area contributed by atoms with E-state index < -0.39 is 0 Å². The highest BCUT2D eigenvalue weighted by molar-refractivity contribution is 5.53. The van der Waals surface area contributed by atoms with Gasteiger partial charge in [-0.2, -0.15) is 0 Å². The number of piperidine rings is 1. The number of benzene rings is 2. The molecule has 1 fully saturated rings. The maximum atomic E-state index is 6.08. The highest BCUT2D eigenvalue weighted by Crippen LogP contribution is 2.23. The molecule has 0 unspecified atom stereocenters. The van der Waals surface area contributed by atoms with Crippen LogP contribution in [0.2, 0.25) is 0 Å². The Morgan fingerprint density at radius 1 is 1.09 bits per heavy atom. The third-order valence-corrected chi connectivity index (χ3v) is 4.27. The van der Waals surface area contributed by atoms with Gasteiger partial charge in [-0.3, -0.25) is 0 Å². The number of rotatable bonds is 4. The molecular formula is C19H24N2O. The largest absolute Gasteiger partial charge is 0.399 e. The van der Waals surface area contributed by atoms with Crippen molar-refractivity contribution in [3.8, 4) is 0 Å². The second kappa shape index (κ2) is 6.84. The molecule has 2 aromatic rings. The van der Waals surface area contributed by atoms with Crippen molar-refractivity contribution in [1.29, 1.82) is 0 Å². The molecule has 0 amide bonds. The minimum Gasteiger partial charge on any atom is -0.399 e. The van der Waals surface area contributed by atoms with Gasteiger partial charge in [-0.25, -0.2) is 0 Å². The zero-order chi connectivity index (χ0) is 15.4. The lowest BCUT2D eigenvalue weighted by atomic mass is 10.1. The molecule has 3 heteroatoms. The number of anilines is 2. The average Bonchev–Trinajstić information content (AvgIpc) is 2.54. The first-order chi connectivity index (χ1) is 10.7. The Kier molecular flexibility index (Phi) is 4.64. The summed E-state index contributed by atoms with van der Waals surface area (Å²) < 4.78 is 6.08. The molecule has 0 radical (unpaired) electrons. The van der Waals surface area contributed by atoms with Gasteiger partial charge in [0, 0.05) is 24.5 Å². The number of ether oxygens (including phenoxy) is 1. The number of hydrogen-bond donors (Lipinski definition) is 1. The molecule has 2 N–H and O–H groups in total. The summed E-state index contributed by atoms with van der Waals surface area (Å²) in [7, 11) is 0. The van der Waals surface area contributed by atoms with Gasteiger partial charge in [0.25, 0.3) is 0 Å². The van der Waals surface area contributed by atoms with Gasteiger partial charge in [0.05, 0.1) is 12.7 Å². The zero-order valence-electron chi connectivity index (χ0n) is 13.2. The van der Waals surface area contributed by atoms with Crippen LogP contribution >= 0.6 is 0 Å². The van der Waals surface area contributed by atoms with E-state index in [1.54, 1.807) is 0 Å². The zero-order valence-corrected chi connectivity index (χ0v) is 13.2. The quantitative estimate of drug-likeness (QED) is 0.873. The fraction of sp³-hybridized carbons (Fsp3) is 0.368. The predicted molar refractivity (Wildman–Crippen MR) is 92.1 cm³/mol. The monoisotopic (exact) mass is 296 g/mol. The summed E-state index contributed by atoms with van der Waals surface area (Å²) in [6.07, 6.45) is 2.53. The fourth-order valence-corrected chi connectivity index (χ4v) is 2.98. The molecule has 1 aliphatic heterocycles. The highest BCUT2D eigenvalue weighted by atomic mass is 16.5. The van der Waals surface area contributed by atoms with Crippen LogP contribution in [0.1, 0.15) is 24.0 Å². The molecule has 1 heterocycles. The van der Waals surface area contributed by atoms with Crippen molar-refractivity contribution in [2.45, 2.75) is 32.5 Å². The van der Waals surface area contributed by atoms with E-state index in [0.717, 1.165) is 31.6 Å². The molecule has 0 spiro atoms. The molecule has 0 aliphatic carbocycles. The Morgan fingerprint density at radius 3 is 2.50 bits per heavy atom. The maximum absolute atomic E-state index is 6.08. The normalized spacial score (nSPS) is 16.0. The van der Waals surface area contributed by atoms with Gasteiger partial charge in [-0.1, -0.05) is 29.8 Å². The van der Waals surface area contributed by atoms with Crippen LogP contribution in [0.4, 0.5) is 11.4 Å². The van der Waals surface area contributed by atoms with Gasteiger partial charge in [0.1, 0.15) is 0 Å². The first-order valence-electron chi connectivity index (χ1n) is 7.98. The molecule has 2 aromatic carbocycles. The maximum Gasteiger partial charge on any atom is 0.0720 e. The number of hydrogen-bond acceptors (Lipinski definition) is 3. The SMILES string of the molecule is Cc1cccc(COC2CCN(c3ccc(N)cc3)CC2)c1. The van der Waals surface area contributed by atoms with Crippen molar-refractivity contribution in [1.82, 2.24) is 0 Å². The number of aryl methyl sites for hydroxylation is 1. The molecule has 3 nitrogen and oxygen atoms in total. The van der Waals surface area contributed by atoms with Crippen LogP contribution in [-0.2, 0) is 11.3 Å². The van der Waals surface area contributed by atoms with Crippen LogP contribution in [0.5, 0.6) is 0 Å². The molecule has 0 atom stereocenters. The Labute approximate surface area is 132 Å². The van der Waals surface area contributed by atoms with Crippen molar-refractivity contribution < 1.29 is 4.74 Å². The summed E-state index contributed by atoms with van der Waals surface area (Å²) in [6, 6.07) is 16.7. The molecule has 3 rings (SSSR count). The topological polar surface area (TPSA) is 38.5 Å². The van der Waals surface area contributed by atoms with Crippen LogP contribution < -0.4 is 10.6 Å². The molecular weight excluding hydrogens is 272 g/mol. The second-order valence-electron chi connectivity index (χ2n) is 6.08. The fourth-order valence-electron chi connectivity index (χ4n) is 2.98. The van der Waals surface area contributed by atoms with Crippen LogP contribution in [0.15, 0.2) is 48.5 Å². The minimum absolute atomic E-state index is 0.366. The summed E-state index contributed by atoms with van der Waals surface area (Å²) in [5, 5.41) is 0. The van der Waals surface area contributed by atoms with Crippen molar-refractivity contribution in [2.75, 3.05) is 23.7 Å². The van der Waals surface area contributed by atoms with Crippen molar-refractivity contribution >= 4 is 11.4 Å². The first kappa shape index (κ1) is 14.9. The van der Waals surface area contributed by atoms with Gasteiger partial charge in [-0.05, 0) is 49.6 Å². The van der Waals surface area contributed by atoms with Gasteiger partial charge < -0.3 is 15.4 Å². The Morgan fingerprint density at radius 2 is 1.82 bits per heavy atom. The van der Waals surface area contributed by atoms with E-state index in [4.69, 9.17) is 10.5 Å². The molecule has 0 saturated carbocycles. The summed E-state index contributed by atoms with van der Waals surface area (Å²) in [5.74, 6) is 0. The van der Waals surface area contributed by atoms with Crippen molar-refractivity contribution in [2.24, 2.45) is 0 Å². The van der Waals surface area contributed by atoms with E-state index >= 15 is 0 Å². The molecule has 0 bridgehead atoms. The van der Waals surface area contributed by atoms with Crippen LogP contribution in [-0.4, -0.2) is 19.2 Å². The van der Waals surface area contributed by atoms with Crippen LogP contribution in [0.25, 0.3) is 0 Å². The highest BCUT2D eigenvalue weighted by Gasteiger charge is 2.19. The van der Waals surface area contributed by atoms with Crippen molar-refractivity contribution in [3.05, 3.63) is 59.7 Å². The molecule has 1 saturated heterocycles. The van der Waals surface area contributed by atoms with Gasteiger partial charge in [0.2, 0.25) is 0 Å². The van der Waals surface area contributed by atoms with E-state index in [1.807, 2.05) is 12.1 Å². The number of nitrogen functional groups attached to an aromatic ring is 1. The first-order valence-corrected chi connectivity index (χ1v) is 7.98. The van der Waals surface area contributed by atoms with Crippen LogP contribution in [0.3, 0.4) is 0 Å². The van der Waals surface area contributed by atoms with E-state index in [2.05, 4.69) is 48.2 Å². The molecule has 116 valence electrons. The Bertz CT molecular complexity index is 601. The lowest BCUT2D eigenvalue weighted by Gasteiger charge is -2.33. The van der Waals surface area contributed by atoms with Gasteiger partial charge in [0.15, 0.2) is 0 Å². The standard InChI is InChI=1S/C19H24N2O/c1-15-3-2-4-16(13-15)14-22-19-9-11-21(12-10-19)18-7-5-17(20)6-8-18/h2-8,13,19H,9-12,14,20H2,1H3. The molecule has 1 aliphatic rings. The smallest absolute Gasteiger partial charge is 0.0720 e. The Balaban J connectivity index is 1.48. The summed E-state index contributed by atoms with van der Waals surface area (Å²) in [5.41, 5.74) is 10.4. The van der Waals surface area contributed by atoms with Crippen molar-refractivity contribution in [3.63, 3.8) is 0 Å². The van der Waals surface area contributed by atoms with E-state index in [1.165, 1.54) is 16.8 Å².